The van der Waals surface area contributed by atoms with E-state index >= 15 is 0 Å². The van der Waals surface area contributed by atoms with Gasteiger partial charge in [-0.25, -0.2) is 4.98 Å². The molecular formula is C86H151N5O38S6. The van der Waals surface area contributed by atoms with E-state index in [4.69, 9.17) is 75.0 Å². The summed E-state index contributed by atoms with van der Waals surface area (Å²) in [6.07, 6.45) is -10.4. The molecule has 31 N–H and O–H groups in total. The molecule has 0 aliphatic carbocycles. The third-order valence-corrected chi connectivity index (χ3v) is 30.2. The Bertz CT molecular complexity index is 3490. The van der Waals surface area contributed by atoms with Crippen molar-refractivity contribution in [2.24, 2.45) is 11.7 Å². The second kappa shape index (κ2) is 68.5. The molecule has 9 heterocycles. The molecule has 2 aromatic heterocycles. The Morgan fingerprint density at radius 1 is 0.400 bits per heavy atom. The molecule has 2 aromatic rings. The summed E-state index contributed by atoms with van der Waals surface area (Å²) in [5.74, 6) is 4.52. The lowest BCUT2D eigenvalue weighted by molar-refractivity contribution is -0.205. The first-order chi connectivity index (χ1) is 64.3. The van der Waals surface area contributed by atoms with Gasteiger partial charge in [-0.05, 0) is 156 Å². The van der Waals surface area contributed by atoms with E-state index in [1.54, 1.807) is 30.9 Å². The Hall–Kier alpha value is -2.75. The summed E-state index contributed by atoms with van der Waals surface area (Å²) in [4.78, 5) is 79.3. The average Bonchev–Trinajstić information content (AvgIpc) is 1.79. The lowest BCUT2D eigenvalue weighted by Crippen LogP contribution is -2.57. The summed E-state index contributed by atoms with van der Waals surface area (Å²) < 4.78 is 32.3. The molecule has 9 rings (SSSR count). The van der Waals surface area contributed by atoms with E-state index in [-0.39, 0.29) is 53.8 Å². The summed E-state index contributed by atoms with van der Waals surface area (Å²) in [5, 5.41) is 251. The monoisotopic (exact) mass is 2050 g/mol. The zero-order valence-corrected chi connectivity index (χ0v) is 81.4. The van der Waals surface area contributed by atoms with Crippen molar-refractivity contribution in [2.75, 3.05) is 87.3 Å². The van der Waals surface area contributed by atoms with Crippen LogP contribution in [0.15, 0.2) is 30.9 Å². The maximum Gasteiger partial charge on any atom is 0.178 e. The Balaban J connectivity index is 0.000000339. The number of ketones is 6. The van der Waals surface area contributed by atoms with Crippen LogP contribution in [0.2, 0.25) is 0 Å². The second-order valence-electron chi connectivity index (χ2n) is 34.1. The Labute approximate surface area is 811 Å². The van der Waals surface area contributed by atoms with Gasteiger partial charge in [-0.1, -0.05) is 13.8 Å². The van der Waals surface area contributed by atoms with Gasteiger partial charge in [-0.3, -0.25) is 28.8 Å². The third-order valence-electron chi connectivity index (χ3n) is 22.7. The van der Waals surface area contributed by atoms with Crippen LogP contribution in [0.1, 0.15) is 172 Å². The van der Waals surface area contributed by atoms with Crippen molar-refractivity contribution in [3.63, 3.8) is 0 Å². The van der Waals surface area contributed by atoms with Crippen LogP contribution in [-0.4, -0.2) is 467 Å². The number of aliphatic hydroxyl groups is 26. The number of ether oxygens (including phenoxy) is 6. The molecule has 49 heteroatoms. The van der Waals surface area contributed by atoms with E-state index in [0.29, 0.717) is 123 Å². The Morgan fingerprint density at radius 3 is 0.985 bits per heavy atom. The molecule has 31 unspecified atom stereocenters. The number of carbonyl (C=O) groups excluding carboxylic acids is 6. The fourth-order valence-corrected chi connectivity index (χ4v) is 21.5. The zero-order valence-electron chi connectivity index (χ0n) is 76.5. The summed E-state index contributed by atoms with van der Waals surface area (Å²) >= 11 is 7.79. The van der Waals surface area contributed by atoms with E-state index in [9.17, 15) is 121 Å². The molecular weight excluding hydrogens is 1900 g/mol. The number of aromatic amines is 2. The quantitative estimate of drug-likeness (QED) is 0.0217. The van der Waals surface area contributed by atoms with Gasteiger partial charge in [0.1, 0.15) is 203 Å². The Morgan fingerprint density at radius 2 is 0.711 bits per heavy atom. The van der Waals surface area contributed by atoms with E-state index in [0.717, 1.165) is 70.0 Å². The molecule has 7 aliphatic heterocycles. The number of H-pyrrole nitrogens is 2. The van der Waals surface area contributed by atoms with Crippen molar-refractivity contribution < 1.29 is 190 Å². The minimum Gasteiger partial charge on any atom is -0.394 e. The van der Waals surface area contributed by atoms with Crippen molar-refractivity contribution in [2.45, 2.75) is 359 Å². The number of nitrogens with two attached hydrogens (primary N) is 1. The van der Waals surface area contributed by atoms with Crippen molar-refractivity contribution >= 4 is 105 Å². The molecule has 33 atom stereocenters. The van der Waals surface area contributed by atoms with Gasteiger partial charge in [-0.2, -0.15) is 0 Å². The van der Waals surface area contributed by atoms with Crippen LogP contribution >= 0.6 is 70.6 Å². The number of rotatable bonds is 51. The topological polar surface area (TPSA) is 766 Å². The maximum absolute atomic E-state index is 11.9. The van der Waals surface area contributed by atoms with Crippen LogP contribution in [-0.2, 0) is 58.8 Å². The fraction of sp³-hybridized carbons (Fsp3) is 0.849. The normalized spacial score (nSPS) is 33.3. The number of hydrogen-bond donors (Lipinski definition) is 30. The smallest absolute Gasteiger partial charge is 0.178 e. The molecule has 0 spiro atoms. The third kappa shape index (κ3) is 43.6. The number of aliphatic hydroxyl groups excluding tert-OH is 26. The van der Waals surface area contributed by atoms with E-state index in [1.165, 1.54) is 77.5 Å². The maximum atomic E-state index is 11.9. The highest BCUT2D eigenvalue weighted by atomic mass is 32.2. The van der Waals surface area contributed by atoms with Gasteiger partial charge < -0.3 is 182 Å². The highest BCUT2D eigenvalue weighted by Gasteiger charge is 2.49. The van der Waals surface area contributed by atoms with Gasteiger partial charge in [-0.15, -0.1) is 70.6 Å². The number of Topliss-reactive ketones (excluding diaryl/α,β-unsaturated/α-hetero) is 6. The lowest BCUT2D eigenvalue weighted by Gasteiger charge is -2.39. The van der Waals surface area contributed by atoms with Gasteiger partial charge >= 0.3 is 0 Å². The van der Waals surface area contributed by atoms with Crippen molar-refractivity contribution in [1.29, 1.82) is 0 Å². The molecule has 7 aliphatic rings. The predicted molar refractivity (Wildman–Crippen MR) is 500 cm³/mol. The number of thioether (sulfide) groups is 6. The minimum absolute atomic E-state index is 0.0214. The molecule has 7 saturated heterocycles. The first-order valence-electron chi connectivity index (χ1n) is 45.8. The minimum atomic E-state index is -1.37. The predicted octanol–water partition coefficient (Wildman–Crippen LogP) is -5.34. The molecule has 784 valence electrons. The standard InChI is InChI=1S/C15H24N2O6S.C15H27NO6S.C15H23NO6S.C15H28O6S.C13H25NO7S.C13H24O7S/c18-7-11-12(20)13(21)14(22)15(23-11)24-4-2-1-3-10(19)5-9-6-16-8-17-9;2*17-8-11-12(19)13(20)14(21)15(22-11)23-7-2-1-5-10(18)9-4-3-6-16-9;1-9(2)7-10(17)5-3-4-6-22-15-14(20)13(19)12(18)11(8-16)21-15;14-7(5-15)8(17)3-1-2-4-22-13-12(20)11(19)10(18)9(6-16)21-13;1-7(15)8(16)4-2-3-5-21-13-12(19)11(18)10(17)9(6-14)20-13/h6,8,11-15,18,20-22H,1-5,7H2,(H,16,17);9,11-17,19-21H,1-8H2;3-4,6,11-17,19-21H,1-2,5,7-8H2;9,11-16,18-20H,3-8H2,1-2H3;7,9-13,15-16,18-20H,1-6,14H2;7,9-15,17-19H,2-6H2,1H3/t;;;;2*7-,9?,10?,11?,12?,13?/m....00/s1. The van der Waals surface area contributed by atoms with Crippen molar-refractivity contribution in [3.8, 4) is 0 Å². The van der Waals surface area contributed by atoms with Crippen LogP contribution in [0.5, 0.6) is 0 Å². The number of unbranched alkanes of at least 4 members (excludes halogenated alkanes) is 6. The fourth-order valence-electron chi connectivity index (χ4n) is 14.4. The van der Waals surface area contributed by atoms with Crippen molar-refractivity contribution in [3.05, 3.63) is 42.2 Å². The van der Waals surface area contributed by atoms with Gasteiger partial charge in [0, 0.05) is 69.5 Å². The summed E-state index contributed by atoms with van der Waals surface area (Å²) in [5.41, 5.74) is 2.55. The van der Waals surface area contributed by atoms with E-state index in [2.05, 4.69) is 20.3 Å². The molecule has 7 fully saturated rings. The molecule has 0 radical (unpaired) electrons. The van der Waals surface area contributed by atoms with Gasteiger partial charge in [0.15, 0.2) is 17.3 Å². The number of carbonyl (C=O) groups is 6. The van der Waals surface area contributed by atoms with Crippen LogP contribution in [0.25, 0.3) is 0 Å². The van der Waals surface area contributed by atoms with Gasteiger partial charge in [0.2, 0.25) is 0 Å². The lowest BCUT2D eigenvalue weighted by atomic mass is 10.0. The van der Waals surface area contributed by atoms with E-state index in [1.807, 2.05) is 13.8 Å². The molecule has 0 aromatic carbocycles. The average molecular weight is 2060 g/mol. The Kier molecular flexibility index (Phi) is 63.2. The molecule has 43 nitrogen and oxygen atoms in total. The van der Waals surface area contributed by atoms with Crippen LogP contribution in [0, 0.1) is 5.92 Å². The SMILES string of the molecule is CC(C)CC(=O)CCCCSC1OC(CO)C(O)C(O)C1O.C[C@H](O)C(=O)CCCCSC1OC(CO)C(O)C(O)C1O.N[C@@H](CO)C(=O)CCCCSC1OC(CO)C(O)C(O)C1O.O=C(CCCCSC1OC(CO)C(O)C(O)C1O)C1CCCN1.O=C(CCCCSC1OC(CO)C(O)C(O)C1O)Cc1cnc[nH]1.O=C(CCCCSC1OC(CO)C(O)C(O)C1O)c1ccc[nH]1. The summed E-state index contributed by atoms with van der Waals surface area (Å²) in [6.45, 7) is 3.47. The van der Waals surface area contributed by atoms with Crippen LogP contribution in [0.4, 0.5) is 0 Å². The molecule has 0 amide bonds. The highest BCUT2D eigenvalue weighted by Crippen LogP contribution is 2.36. The van der Waals surface area contributed by atoms with Crippen LogP contribution in [0.3, 0.4) is 0 Å². The van der Waals surface area contributed by atoms with E-state index < -0.39 is 231 Å². The first-order valence-corrected chi connectivity index (χ1v) is 52.1. The molecule has 135 heavy (non-hydrogen) atoms. The molecule has 0 saturated carbocycles. The zero-order chi connectivity index (χ0) is 101. The number of hydrogen-bond acceptors (Lipinski definition) is 47. The number of nitrogens with one attached hydrogen (secondary N) is 3. The first kappa shape index (κ1) is 125. The van der Waals surface area contributed by atoms with Gasteiger partial charge in [0.25, 0.3) is 0 Å². The largest absolute Gasteiger partial charge is 0.394 e. The highest BCUT2D eigenvalue weighted by molar-refractivity contribution is 8.00. The van der Waals surface area contributed by atoms with Gasteiger partial charge in [0.05, 0.1) is 70.4 Å². The summed E-state index contributed by atoms with van der Waals surface area (Å²) in [7, 11) is 0. The summed E-state index contributed by atoms with van der Waals surface area (Å²) in [6, 6.07) is 2.71. The van der Waals surface area contributed by atoms with Crippen molar-refractivity contribution in [1.82, 2.24) is 20.3 Å². The second-order valence-corrected chi connectivity index (χ2v) is 41.3. The molecule has 0 bridgehead atoms. The van der Waals surface area contributed by atoms with Crippen LogP contribution < -0.4 is 11.1 Å². The number of aromatic nitrogens is 3. The number of nitrogens with zero attached hydrogens (tertiary/aromatic N) is 1. The number of imidazole rings is 1.